The fourth-order valence-corrected chi connectivity index (χ4v) is 3.19. The Labute approximate surface area is 152 Å². The van der Waals surface area contributed by atoms with E-state index in [2.05, 4.69) is 21.8 Å². The van der Waals surface area contributed by atoms with Crippen molar-refractivity contribution in [2.75, 3.05) is 24.6 Å². The lowest BCUT2D eigenvalue weighted by atomic mass is 10.1. The highest BCUT2D eigenvalue weighted by Crippen LogP contribution is 2.30. The van der Waals surface area contributed by atoms with Crippen LogP contribution in [0.4, 0.5) is 5.82 Å². The predicted octanol–water partition coefficient (Wildman–Crippen LogP) is 3.63. The van der Waals surface area contributed by atoms with Crippen LogP contribution >= 0.6 is 0 Å². The van der Waals surface area contributed by atoms with Gasteiger partial charge in [-0.1, -0.05) is 0 Å². The molecule has 4 rings (SSSR count). The molecule has 0 amide bonds. The Bertz CT molecular complexity index is 907. The summed E-state index contributed by atoms with van der Waals surface area (Å²) in [5.41, 5.74) is 3.05. The molecule has 1 aliphatic rings. The SMILES string of the molecule is Cc1ccc([C@@H]2CN(c3nc(-c4ccncc4)nc(C)c3C)CCO2)o1. The Morgan fingerprint density at radius 1 is 1.04 bits per heavy atom. The van der Waals surface area contributed by atoms with Crippen LogP contribution in [-0.2, 0) is 4.74 Å². The van der Waals surface area contributed by atoms with E-state index in [1.165, 1.54) is 0 Å². The standard InChI is InChI=1S/C20H22N4O2/c1-13-4-5-17(26-13)18-12-24(10-11-25-18)20-14(2)15(3)22-19(23-20)16-6-8-21-9-7-16/h4-9,18H,10-12H2,1-3H3/t18-/m0/s1. The smallest absolute Gasteiger partial charge is 0.161 e. The Hall–Kier alpha value is -2.73. The van der Waals surface area contributed by atoms with Gasteiger partial charge in [0, 0.05) is 35.8 Å². The second-order valence-electron chi connectivity index (χ2n) is 6.57. The fourth-order valence-electron chi connectivity index (χ4n) is 3.19. The van der Waals surface area contributed by atoms with Gasteiger partial charge in [0.05, 0.1) is 13.2 Å². The van der Waals surface area contributed by atoms with E-state index in [9.17, 15) is 0 Å². The van der Waals surface area contributed by atoms with Crippen LogP contribution < -0.4 is 4.90 Å². The van der Waals surface area contributed by atoms with Crippen LogP contribution in [0, 0.1) is 20.8 Å². The monoisotopic (exact) mass is 350 g/mol. The van der Waals surface area contributed by atoms with Crippen molar-refractivity contribution >= 4 is 5.82 Å². The molecule has 134 valence electrons. The average molecular weight is 350 g/mol. The molecule has 1 fully saturated rings. The van der Waals surface area contributed by atoms with Gasteiger partial charge in [0.15, 0.2) is 5.82 Å². The Morgan fingerprint density at radius 2 is 1.85 bits per heavy atom. The molecule has 26 heavy (non-hydrogen) atoms. The highest BCUT2D eigenvalue weighted by atomic mass is 16.5. The van der Waals surface area contributed by atoms with Crippen LogP contribution in [0.3, 0.4) is 0 Å². The van der Waals surface area contributed by atoms with Crippen molar-refractivity contribution in [2.45, 2.75) is 26.9 Å². The number of pyridine rings is 1. The first-order valence-electron chi connectivity index (χ1n) is 8.80. The lowest BCUT2D eigenvalue weighted by Gasteiger charge is -2.34. The summed E-state index contributed by atoms with van der Waals surface area (Å²) in [6.45, 7) is 8.19. The number of morpholine rings is 1. The lowest BCUT2D eigenvalue weighted by Crippen LogP contribution is -2.39. The summed E-state index contributed by atoms with van der Waals surface area (Å²) in [6, 6.07) is 7.83. The van der Waals surface area contributed by atoms with Crippen molar-refractivity contribution in [2.24, 2.45) is 0 Å². The topological polar surface area (TPSA) is 64.3 Å². The van der Waals surface area contributed by atoms with Gasteiger partial charge in [0.1, 0.15) is 23.4 Å². The zero-order chi connectivity index (χ0) is 18.1. The molecule has 0 radical (unpaired) electrons. The third-order valence-electron chi connectivity index (χ3n) is 4.75. The minimum atomic E-state index is -0.0866. The highest BCUT2D eigenvalue weighted by molar-refractivity contribution is 5.60. The fraction of sp³-hybridized carbons (Fsp3) is 0.350. The molecule has 6 heteroatoms. The number of aromatic nitrogens is 3. The first kappa shape index (κ1) is 16.7. The summed E-state index contributed by atoms with van der Waals surface area (Å²) >= 11 is 0. The number of hydrogen-bond acceptors (Lipinski definition) is 6. The molecule has 1 aliphatic heterocycles. The van der Waals surface area contributed by atoms with E-state index in [1.807, 2.05) is 38.1 Å². The number of hydrogen-bond donors (Lipinski definition) is 0. The number of furan rings is 1. The van der Waals surface area contributed by atoms with Gasteiger partial charge in [-0.15, -0.1) is 0 Å². The van der Waals surface area contributed by atoms with Crippen LogP contribution in [0.25, 0.3) is 11.4 Å². The Morgan fingerprint density at radius 3 is 2.58 bits per heavy atom. The molecule has 3 aromatic rings. The van der Waals surface area contributed by atoms with Crippen LogP contribution in [0.15, 0.2) is 41.1 Å². The molecule has 4 heterocycles. The maximum atomic E-state index is 5.93. The van der Waals surface area contributed by atoms with Gasteiger partial charge in [0.2, 0.25) is 0 Å². The molecular formula is C20H22N4O2. The summed E-state index contributed by atoms with van der Waals surface area (Å²) < 4.78 is 11.7. The van der Waals surface area contributed by atoms with E-state index in [0.29, 0.717) is 13.2 Å². The largest absolute Gasteiger partial charge is 0.464 e. The second kappa shape index (κ2) is 6.88. The van der Waals surface area contributed by atoms with Gasteiger partial charge in [0.25, 0.3) is 0 Å². The van der Waals surface area contributed by atoms with Crippen LogP contribution in [0.2, 0.25) is 0 Å². The first-order valence-corrected chi connectivity index (χ1v) is 8.80. The number of anilines is 1. The molecule has 0 aromatic carbocycles. The first-order chi connectivity index (χ1) is 12.6. The summed E-state index contributed by atoms with van der Waals surface area (Å²) in [4.78, 5) is 15.9. The van der Waals surface area contributed by atoms with Crippen molar-refractivity contribution in [1.82, 2.24) is 15.0 Å². The molecular weight excluding hydrogens is 328 g/mol. The lowest BCUT2D eigenvalue weighted by molar-refractivity contribution is 0.0250. The molecule has 3 aromatic heterocycles. The van der Waals surface area contributed by atoms with Crippen molar-refractivity contribution in [3.63, 3.8) is 0 Å². The van der Waals surface area contributed by atoms with Gasteiger partial charge in [-0.3, -0.25) is 4.98 Å². The zero-order valence-corrected chi connectivity index (χ0v) is 15.3. The van der Waals surface area contributed by atoms with Crippen molar-refractivity contribution in [3.05, 3.63) is 59.4 Å². The van der Waals surface area contributed by atoms with E-state index in [-0.39, 0.29) is 6.10 Å². The maximum absolute atomic E-state index is 5.93. The summed E-state index contributed by atoms with van der Waals surface area (Å²) in [5, 5.41) is 0. The van der Waals surface area contributed by atoms with Crippen molar-refractivity contribution in [1.29, 1.82) is 0 Å². The Balaban J connectivity index is 1.67. The minimum absolute atomic E-state index is 0.0866. The third-order valence-corrected chi connectivity index (χ3v) is 4.75. The molecule has 0 saturated carbocycles. The zero-order valence-electron chi connectivity index (χ0n) is 15.3. The summed E-state index contributed by atoms with van der Waals surface area (Å²) in [5.74, 6) is 3.45. The summed E-state index contributed by atoms with van der Waals surface area (Å²) in [7, 11) is 0. The molecule has 0 N–H and O–H groups in total. The van der Waals surface area contributed by atoms with Gasteiger partial charge >= 0.3 is 0 Å². The van der Waals surface area contributed by atoms with Crippen molar-refractivity contribution in [3.8, 4) is 11.4 Å². The van der Waals surface area contributed by atoms with Gasteiger partial charge in [-0.05, 0) is 45.0 Å². The molecule has 0 bridgehead atoms. The third kappa shape index (κ3) is 3.20. The van der Waals surface area contributed by atoms with E-state index in [4.69, 9.17) is 14.1 Å². The molecule has 1 atom stereocenters. The molecule has 6 nitrogen and oxygen atoms in total. The van der Waals surface area contributed by atoms with Gasteiger partial charge in [-0.25, -0.2) is 9.97 Å². The minimum Gasteiger partial charge on any atom is -0.464 e. The van der Waals surface area contributed by atoms with Crippen LogP contribution in [-0.4, -0.2) is 34.6 Å². The number of aryl methyl sites for hydroxylation is 2. The maximum Gasteiger partial charge on any atom is 0.161 e. The number of ether oxygens (including phenoxy) is 1. The normalized spacial score (nSPS) is 17.5. The number of nitrogens with zero attached hydrogens (tertiary/aromatic N) is 4. The van der Waals surface area contributed by atoms with Crippen LogP contribution in [0.1, 0.15) is 28.9 Å². The molecule has 0 aliphatic carbocycles. The van der Waals surface area contributed by atoms with E-state index in [0.717, 1.165) is 46.5 Å². The predicted molar refractivity (Wildman–Crippen MR) is 99.1 cm³/mol. The van der Waals surface area contributed by atoms with Gasteiger partial charge in [-0.2, -0.15) is 0 Å². The second-order valence-corrected chi connectivity index (χ2v) is 6.57. The Kier molecular flexibility index (Phi) is 4.42. The number of rotatable bonds is 3. The summed E-state index contributed by atoms with van der Waals surface area (Å²) in [6.07, 6.45) is 3.44. The molecule has 0 spiro atoms. The average Bonchev–Trinajstić information content (AvgIpc) is 3.11. The van der Waals surface area contributed by atoms with E-state index < -0.39 is 0 Å². The van der Waals surface area contributed by atoms with E-state index in [1.54, 1.807) is 12.4 Å². The van der Waals surface area contributed by atoms with Crippen molar-refractivity contribution < 1.29 is 9.15 Å². The van der Waals surface area contributed by atoms with Crippen LogP contribution in [0.5, 0.6) is 0 Å². The highest BCUT2D eigenvalue weighted by Gasteiger charge is 2.27. The molecule has 0 unspecified atom stereocenters. The van der Waals surface area contributed by atoms with E-state index >= 15 is 0 Å². The van der Waals surface area contributed by atoms with Gasteiger partial charge < -0.3 is 14.1 Å². The quantitative estimate of drug-likeness (QED) is 0.719. The molecule has 1 saturated heterocycles.